The second-order valence-electron chi connectivity index (χ2n) is 3.57. The molecule has 1 heterocycles. The minimum absolute atomic E-state index is 0.538. The number of rotatable bonds is 4. The zero-order valence-electron chi connectivity index (χ0n) is 8.11. The van der Waals surface area contributed by atoms with Crippen molar-refractivity contribution in [3.8, 4) is 0 Å². The van der Waals surface area contributed by atoms with Crippen molar-refractivity contribution in [2.75, 3.05) is 25.1 Å². The molecule has 76 valence electrons. The van der Waals surface area contributed by atoms with Crippen molar-refractivity contribution in [1.82, 2.24) is 10.3 Å². The molecule has 1 fully saturated rings. The van der Waals surface area contributed by atoms with E-state index in [-0.39, 0.29) is 0 Å². The van der Waals surface area contributed by atoms with Crippen molar-refractivity contribution in [3.05, 3.63) is 30.3 Å². The predicted molar refractivity (Wildman–Crippen MR) is 57.6 cm³/mol. The Kier molecular flexibility index (Phi) is 2.98. The highest BCUT2D eigenvalue weighted by atomic mass is 15.5. The Hall–Kier alpha value is -1.10. The number of benzene rings is 1. The Morgan fingerprint density at radius 1 is 1.29 bits per heavy atom. The zero-order valence-corrected chi connectivity index (χ0v) is 8.11. The van der Waals surface area contributed by atoms with Gasteiger partial charge in [-0.05, 0) is 12.1 Å². The van der Waals surface area contributed by atoms with Crippen LogP contribution in [0.5, 0.6) is 0 Å². The molecular formula is C10H16N4. The third kappa shape index (κ3) is 2.45. The highest BCUT2D eigenvalue weighted by Crippen LogP contribution is 2.04. The van der Waals surface area contributed by atoms with Crippen LogP contribution in [-0.4, -0.2) is 30.8 Å². The fourth-order valence-corrected chi connectivity index (χ4v) is 1.50. The van der Waals surface area contributed by atoms with Gasteiger partial charge >= 0.3 is 0 Å². The average Bonchev–Trinajstić information content (AvgIpc) is 2.17. The second-order valence-corrected chi connectivity index (χ2v) is 3.57. The van der Waals surface area contributed by atoms with E-state index >= 15 is 0 Å². The maximum absolute atomic E-state index is 5.52. The molecule has 4 nitrogen and oxygen atoms in total. The Bertz CT molecular complexity index is 269. The van der Waals surface area contributed by atoms with Crippen molar-refractivity contribution in [2.24, 2.45) is 5.84 Å². The van der Waals surface area contributed by atoms with E-state index in [0.29, 0.717) is 6.04 Å². The van der Waals surface area contributed by atoms with E-state index in [1.54, 1.807) is 5.01 Å². The first-order valence-electron chi connectivity index (χ1n) is 4.86. The summed E-state index contributed by atoms with van der Waals surface area (Å²) in [5.74, 6) is 5.52. The fourth-order valence-electron chi connectivity index (χ4n) is 1.50. The van der Waals surface area contributed by atoms with Gasteiger partial charge in [0.15, 0.2) is 0 Å². The number of hydrogen-bond acceptors (Lipinski definition) is 4. The minimum Gasteiger partial charge on any atom is -0.372 e. The first kappa shape index (κ1) is 9.45. The van der Waals surface area contributed by atoms with Crippen LogP contribution < -0.4 is 16.5 Å². The Balaban J connectivity index is 1.64. The van der Waals surface area contributed by atoms with Crippen molar-refractivity contribution >= 4 is 5.69 Å². The van der Waals surface area contributed by atoms with Crippen LogP contribution in [-0.2, 0) is 0 Å². The van der Waals surface area contributed by atoms with E-state index in [1.165, 1.54) is 0 Å². The normalized spacial score (nSPS) is 17.8. The molecule has 0 unspecified atom stereocenters. The molecule has 1 saturated heterocycles. The molecule has 4 N–H and O–H groups in total. The lowest BCUT2D eigenvalue weighted by atomic mass is 10.2. The van der Waals surface area contributed by atoms with Crippen molar-refractivity contribution in [2.45, 2.75) is 6.04 Å². The largest absolute Gasteiger partial charge is 0.372 e. The third-order valence-electron chi connectivity index (χ3n) is 2.37. The molecule has 1 aromatic carbocycles. The van der Waals surface area contributed by atoms with Crippen molar-refractivity contribution < 1.29 is 0 Å². The first-order chi connectivity index (χ1) is 6.84. The molecule has 2 rings (SSSR count). The maximum Gasteiger partial charge on any atom is 0.0656 e. The SMILES string of the molecule is NN1CC(NCNc2ccccc2)C1. The number of nitrogens with two attached hydrogens (primary N) is 1. The summed E-state index contributed by atoms with van der Waals surface area (Å²) in [7, 11) is 0. The van der Waals surface area contributed by atoms with Crippen LogP contribution in [0, 0.1) is 0 Å². The monoisotopic (exact) mass is 192 g/mol. The van der Waals surface area contributed by atoms with E-state index in [4.69, 9.17) is 5.84 Å². The molecule has 0 atom stereocenters. The summed E-state index contributed by atoms with van der Waals surface area (Å²) in [6.07, 6.45) is 0. The van der Waals surface area contributed by atoms with E-state index in [9.17, 15) is 0 Å². The summed E-state index contributed by atoms with van der Waals surface area (Å²) in [6, 6.07) is 10.7. The van der Waals surface area contributed by atoms with Crippen molar-refractivity contribution in [1.29, 1.82) is 0 Å². The van der Waals surface area contributed by atoms with Gasteiger partial charge in [0.2, 0.25) is 0 Å². The number of anilines is 1. The fraction of sp³-hybridized carbons (Fsp3) is 0.400. The van der Waals surface area contributed by atoms with Crippen LogP contribution in [0.15, 0.2) is 30.3 Å². The van der Waals surface area contributed by atoms with E-state index in [2.05, 4.69) is 22.8 Å². The molecule has 0 spiro atoms. The maximum atomic E-state index is 5.52. The molecule has 14 heavy (non-hydrogen) atoms. The number of nitrogens with one attached hydrogen (secondary N) is 2. The van der Waals surface area contributed by atoms with Gasteiger partial charge in [0, 0.05) is 24.8 Å². The molecule has 1 aliphatic heterocycles. The molecule has 0 amide bonds. The molecule has 0 aliphatic carbocycles. The van der Waals surface area contributed by atoms with Gasteiger partial charge < -0.3 is 5.32 Å². The van der Waals surface area contributed by atoms with Gasteiger partial charge in [0.25, 0.3) is 0 Å². The number of para-hydroxylation sites is 1. The summed E-state index contributed by atoms with van der Waals surface area (Å²) in [5.41, 5.74) is 1.14. The van der Waals surface area contributed by atoms with E-state index in [0.717, 1.165) is 25.4 Å². The summed E-state index contributed by atoms with van der Waals surface area (Å²) in [6.45, 7) is 2.68. The molecule has 1 aromatic rings. The molecule has 1 aliphatic rings. The van der Waals surface area contributed by atoms with Crippen LogP contribution in [0.2, 0.25) is 0 Å². The Labute approximate surface area is 84.1 Å². The van der Waals surface area contributed by atoms with Crippen LogP contribution >= 0.6 is 0 Å². The Morgan fingerprint density at radius 3 is 2.64 bits per heavy atom. The van der Waals surface area contributed by atoms with Crippen LogP contribution in [0.1, 0.15) is 0 Å². The number of nitrogens with zero attached hydrogens (tertiary/aromatic N) is 1. The van der Waals surface area contributed by atoms with Gasteiger partial charge in [-0.15, -0.1) is 0 Å². The first-order valence-corrected chi connectivity index (χ1v) is 4.86. The molecule has 4 heteroatoms. The minimum atomic E-state index is 0.538. The molecular weight excluding hydrogens is 176 g/mol. The van der Waals surface area contributed by atoms with E-state index in [1.807, 2.05) is 18.2 Å². The number of hydrogen-bond donors (Lipinski definition) is 3. The lowest BCUT2D eigenvalue weighted by molar-refractivity contribution is 0.130. The smallest absolute Gasteiger partial charge is 0.0656 e. The van der Waals surface area contributed by atoms with E-state index < -0.39 is 0 Å². The van der Waals surface area contributed by atoms with Gasteiger partial charge in [-0.2, -0.15) is 0 Å². The number of hydrazine groups is 1. The average molecular weight is 192 g/mol. The zero-order chi connectivity index (χ0) is 9.80. The van der Waals surface area contributed by atoms with Crippen LogP contribution in [0.4, 0.5) is 5.69 Å². The molecule has 0 aromatic heterocycles. The predicted octanol–water partition coefficient (Wildman–Crippen LogP) is 0.204. The lowest BCUT2D eigenvalue weighted by Crippen LogP contribution is -2.61. The van der Waals surface area contributed by atoms with Gasteiger partial charge in [-0.1, -0.05) is 18.2 Å². The topological polar surface area (TPSA) is 53.3 Å². The van der Waals surface area contributed by atoms with Gasteiger partial charge in [-0.25, -0.2) is 5.01 Å². The Morgan fingerprint density at radius 2 is 2.00 bits per heavy atom. The highest BCUT2D eigenvalue weighted by Gasteiger charge is 2.22. The molecule has 0 bridgehead atoms. The van der Waals surface area contributed by atoms with Crippen molar-refractivity contribution in [3.63, 3.8) is 0 Å². The molecule has 0 radical (unpaired) electrons. The van der Waals surface area contributed by atoms with Crippen LogP contribution in [0.3, 0.4) is 0 Å². The quantitative estimate of drug-likeness (QED) is 0.471. The third-order valence-corrected chi connectivity index (χ3v) is 2.37. The van der Waals surface area contributed by atoms with Gasteiger partial charge in [-0.3, -0.25) is 11.2 Å². The molecule has 0 saturated carbocycles. The van der Waals surface area contributed by atoms with Gasteiger partial charge in [0.1, 0.15) is 0 Å². The summed E-state index contributed by atoms with van der Waals surface area (Å²) >= 11 is 0. The standard InChI is InChI=1S/C10H16N4/c11-14-6-10(7-14)13-8-12-9-4-2-1-3-5-9/h1-5,10,12-13H,6-8,11H2. The second kappa shape index (κ2) is 4.41. The summed E-state index contributed by atoms with van der Waals surface area (Å²) in [5, 5.41) is 8.46. The van der Waals surface area contributed by atoms with Crippen LogP contribution in [0.25, 0.3) is 0 Å². The van der Waals surface area contributed by atoms with Gasteiger partial charge in [0.05, 0.1) is 6.67 Å². The summed E-state index contributed by atoms with van der Waals surface area (Å²) < 4.78 is 0. The summed E-state index contributed by atoms with van der Waals surface area (Å²) in [4.78, 5) is 0. The lowest BCUT2D eigenvalue weighted by Gasteiger charge is -2.36. The highest BCUT2D eigenvalue weighted by molar-refractivity contribution is 5.42.